The summed E-state index contributed by atoms with van der Waals surface area (Å²) in [4.78, 5) is 19.4. The quantitative estimate of drug-likeness (QED) is 0.712. The van der Waals surface area contributed by atoms with E-state index in [0.29, 0.717) is 31.4 Å². The summed E-state index contributed by atoms with van der Waals surface area (Å²) in [7, 11) is -3.37. The van der Waals surface area contributed by atoms with Gasteiger partial charge in [-0.05, 0) is 72.4 Å². The molecule has 9 heteroatoms. The highest BCUT2D eigenvalue weighted by Crippen LogP contribution is 2.28. The number of rotatable bonds is 5. The van der Waals surface area contributed by atoms with Crippen molar-refractivity contribution in [2.45, 2.75) is 83.3 Å². The number of carbonyl (C=O) groups is 1. The summed E-state index contributed by atoms with van der Waals surface area (Å²) in [5, 5.41) is 2.96. The summed E-state index contributed by atoms with van der Waals surface area (Å²) < 4.78 is 32.4. The first-order chi connectivity index (χ1) is 14.4. The van der Waals surface area contributed by atoms with Crippen molar-refractivity contribution in [2.24, 2.45) is 5.92 Å². The summed E-state index contributed by atoms with van der Waals surface area (Å²) in [5.74, 6) is 0.739. The Hall–Kier alpha value is -1.71. The number of nitrogens with zero attached hydrogens (tertiary/aromatic N) is 2. The molecule has 31 heavy (non-hydrogen) atoms. The van der Waals surface area contributed by atoms with Gasteiger partial charge >= 0.3 is 0 Å². The zero-order chi connectivity index (χ0) is 22.8. The molecule has 2 N–H and O–H groups in total. The number of morpholine rings is 1. The van der Waals surface area contributed by atoms with Crippen LogP contribution in [-0.4, -0.2) is 55.4 Å². The maximum absolute atomic E-state index is 12.7. The number of sulfonamides is 1. The number of aromatic nitrogens is 1. The lowest BCUT2D eigenvalue weighted by molar-refractivity contribution is -0.120. The molecule has 1 amide bonds. The molecule has 1 aliphatic heterocycles. The molecule has 1 saturated heterocycles. The molecule has 2 fully saturated rings. The standard InChI is InChI=1S/C22H36N4O4S/c1-15-13-26(14-16(2)30-15)20-11-10-19(12-23-20)24-21(27)17-6-8-18(9-7-17)25-31(28,29)22(3,4)5/h10-12,15-18,25H,6-9,13-14H2,1-5H3,(H,24,27)/t15-,16+,17?,18?. The van der Waals surface area contributed by atoms with Crippen molar-refractivity contribution < 1.29 is 17.9 Å². The molecule has 0 spiro atoms. The molecule has 174 valence electrons. The van der Waals surface area contributed by atoms with Crippen molar-refractivity contribution >= 4 is 27.4 Å². The van der Waals surface area contributed by atoms with Gasteiger partial charge in [-0.15, -0.1) is 0 Å². The van der Waals surface area contributed by atoms with Crippen molar-refractivity contribution in [3.8, 4) is 0 Å². The van der Waals surface area contributed by atoms with E-state index in [1.54, 1.807) is 27.0 Å². The second-order valence-electron chi connectivity index (χ2n) is 9.84. The highest BCUT2D eigenvalue weighted by atomic mass is 32.2. The predicted molar refractivity (Wildman–Crippen MR) is 123 cm³/mol. The molecule has 2 heterocycles. The second kappa shape index (κ2) is 9.42. The third-order valence-corrected chi connectivity index (χ3v) is 8.24. The summed E-state index contributed by atoms with van der Waals surface area (Å²) in [6.45, 7) is 10.8. The van der Waals surface area contributed by atoms with Gasteiger partial charge in [0.25, 0.3) is 0 Å². The van der Waals surface area contributed by atoms with Crippen LogP contribution in [0.4, 0.5) is 11.5 Å². The number of nitrogens with one attached hydrogen (secondary N) is 2. The highest BCUT2D eigenvalue weighted by Gasteiger charge is 2.34. The van der Waals surface area contributed by atoms with Crippen LogP contribution in [0.5, 0.6) is 0 Å². The van der Waals surface area contributed by atoms with Gasteiger partial charge in [0, 0.05) is 25.0 Å². The molecule has 1 aliphatic carbocycles. The van der Waals surface area contributed by atoms with Crippen LogP contribution < -0.4 is 14.9 Å². The number of pyridine rings is 1. The van der Waals surface area contributed by atoms with E-state index >= 15 is 0 Å². The Morgan fingerprint density at radius 1 is 1.10 bits per heavy atom. The van der Waals surface area contributed by atoms with E-state index in [4.69, 9.17) is 4.74 Å². The van der Waals surface area contributed by atoms with Gasteiger partial charge in [-0.1, -0.05) is 0 Å². The molecular weight excluding hydrogens is 416 g/mol. The molecule has 2 aliphatic rings. The molecule has 0 unspecified atom stereocenters. The van der Waals surface area contributed by atoms with E-state index in [2.05, 4.69) is 33.8 Å². The fourth-order valence-corrected chi connectivity index (χ4v) is 5.15. The van der Waals surface area contributed by atoms with Crippen molar-refractivity contribution in [3.05, 3.63) is 18.3 Å². The summed E-state index contributed by atoms with van der Waals surface area (Å²) >= 11 is 0. The van der Waals surface area contributed by atoms with Crippen LogP contribution in [0.25, 0.3) is 0 Å². The van der Waals surface area contributed by atoms with Crippen LogP contribution >= 0.6 is 0 Å². The van der Waals surface area contributed by atoms with E-state index < -0.39 is 14.8 Å². The minimum atomic E-state index is -3.37. The van der Waals surface area contributed by atoms with Gasteiger partial charge in [0.15, 0.2) is 0 Å². The van der Waals surface area contributed by atoms with E-state index in [0.717, 1.165) is 18.9 Å². The predicted octanol–water partition coefficient (Wildman–Crippen LogP) is 2.91. The minimum Gasteiger partial charge on any atom is -0.372 e. The van der Waals surface area contributed by atoms with Gasteiger partial charge < -0.3 is 15.0 Å². The molecule has 0 radical (unpaired) electrons. The van der Waals surface area contributed by atoms with E-state index in [1.165, 1.54) is 0 Å². The molecule has 1 aromatic heterocycles. The Morgan fingerprint density at radius 2 is 1.71 bits per heavy atom. The number of anilines is 2. The number of amides is 1. The first-order valence-electron chi connectivity index (χ1n) is 11.1. The Labute approximate surface area is 186 Å². The lowest BCUT2D eigenvalue weighted by atomic mass is 9.86. The fourth-order valence-electron chi connectivity index (χ4n) is 4.13. The second-order valence-corrected chi connectivity index (χ2v) is 12.3. The number of hydrogen-bond acceptors (Lipinski definition) is 6. The Balaban J connectivity index is 1.50. The third kappa shape index (κ3) is 6.17. The normalized spacial score (nSPS) is 27.7. The van der Waals surface area contributed by atoms with E-state index in [-0.39, 0.29) is 30.1 Å². The SMILES string of the molecule is C[C@@H]1CN(c2ccc(NC(=O)C3CCC(NS(=O)(=O)C(C)(C)C)CC3)cn2)C[C@H](C)O1. The first kappa shape index (κ1) is 23.9. The van der Waals surface area contributed by atoms with Crippen LogP contribution in [0, 0.1) is 5.92 Å². The summed E-state index contributed by atoms with van der Waals surface area (Å²) in [6, 6.07) is 3.71. The van der Waals surface area contributed by atoms with Crippen molar-refractivity contribution in [3.63, 3.8) is 0 Å². The van der Waals surface area contributed by atoms with Crippen LogP contribution in [0.1, 0.15) is 60.3 Å². The maximum Gasteiger partial charge on any atom is 0.227 e. The van der Waals surface area contributed by atoms with E-state index in [9.17, 15) is 13.2 Å². The first-order valence-corrected chi connectivity index (χ1v) is 12.6. The Morgan fingerprint density at radius 3 is 2.23 bits per heavy atom. The van der Waals surface area contributed by atoms with Gasteiger partial charge in [-0.3, -0.25) is 4.79 Å². The third-order valence-electron chi connectivity index (χ3n) is 5.98. The molecule has 1 aromatic rings. The molecule has 0 bridgehead atoms. The summed E-state index contributed by atoms with van der Waals surface area (Å²) in [6.07, 6.45) is 4.67. The fraction of sp³-hybridized carbons (Fsp3) is 0.727. The zero-order valence-electron chi connectivity index (χ0n) is 19.2. The number of carbonyl (C=O) groups excluding carboxylic acids is 1. The van der Waals surface area contributed by atoms with Crippen LogP contribution in [-0.2, 0) is 19.6 Å². The Kier molecular flexibility index (Phi) is 7.28. The molecule has 1 saturated carbocycles. The van der Waals surface area contributed by atoms with Crippen molar-refractivity contribution in [1.29, 1.82) is 0 Å². The maximum atomic E-state index is 12.7. The topological polar surface area (TPSA) is 101 Å². The summed E-state index contributed by atoms with van der Waals surface area (Å²) in [5.41, 5.74) is 0.679. The van der Waals surface area contributed by atoms with Crippen LogP contribution in [0.2, 0.25) is 0 Å². The van der Waals surface area contributed by atoms with Crippen molar-refractivity contribution in [2.75, 3.05) is 23.3 Å². The monoisotopic (exact) mass is 452 g/mol. The van der Waals surface area contributed by atoms with Gasteiger partial charge in [-0.2, -0.15) is 0 Å². The lowest BCUT2D eigenvalue weighted by Gasteiger charge is -2.36. The molecule has 2 atom stereocenters. The average Bonchev–Trinajstić information content (AvgIpc) is 2.67. The molecule has 0 aromatic carbocycles. The number of hydrogen-bond donors (Lipinski definition) is 2. The van der Waals surface area contributed by atoms with Crippen LogP contribution in [0.15, 0.2) is 18.3 Å². The zero-order valence-corrected chi connectivity index (χ0v) is 20.0. The Bertz CT molecular complexity index is 848. The molecule has 8 nitrogen and oxygen atoms in total. The van der Waals surface area contributed by atoms with Gasteiger partial charge in [0.2, 0.25) is 15.9 Å². The smallest absolute Gasteiger partial charge is 0.227 e. The minimum absolute atomic E-state index is 0.0275. The lowest BCUT2D eigenvalue weighted by Crippen LogP contribution is -2.46. The number of ether oxygens (including phenoxy) is 1. The average molecular weight is 453 g/mol. The largest absolute Gasteiger partial charge is 0.372 e. The van der Waals surface area contributed by atoms with Crippen molar-refractivity contribution in [1.82, 2.24) is 9.71 Å². The van der Waals surface area contributed by atoms with Gasteiger partial charge in [-0.25, -0.2) is 18.1 Å². The highest BCUT2D eigenvalue weighted by molar-refractivity contribution is 7.90. The van der Waals surface area contributed by atoms with Crippen LogP contribution in [0.3, 0.4) is 0 Å². The molecular formula is C22H36N4O4S. The van der Waals surface area contributed by atoms with Gasteiger partial charge in [0.1, 0.15) is 5.82 Å². The van der Waals surface area contributed by atoms with Gasteiger partial charge in [0.05, 0.1) is 28.8 Å². The molecule has 3 rings (SSSR count). The van der Waals surface area contributed by atoms with E-state index in [1.807, 2.05) is 12.1 Å².